The van der Waals surface area contributed by atoms with Crippen LogP contribution in [-0.4, -0.2) is 147 Å². The lowest BCUT2D eigenvalue weighted by molar-refractivity contribution is -0.125. The Morgan fingerprint density at radius 3 is 1.02 bits per heavy atom. The smallest absolute Gasteiger partial charge is 0.332 e. The minimum atomic E-state index is -0.448. The van der Waals surface area contributed by atoms with E-state index in [0.29, 0.717) is 95.9 Å². The summed E-state index contributed by atoms with van der Waals surface area (Å²) in [5, 5.41) is 33.4. The van der Waals surface area contributed by atoms with Crippen LogP contribution in [0.4, 0.5) is 0 Å². The van der Waals surface area contributed by atoms with Crippen molar-refractivity contribution in [3.05, 3.63) is 196 Å². The number of nitrogens with one attached hydrogen (secondary N) is 1. The summed E-state index contributed by atoms with van der Waals surface area (Å²) in [6.45, 7) is 13.9. The van der Waals surface area contributed by atoms with Crippen molar-refractivity contribution in [3.8, 4) is 0 Å². The molecule has 0 aliphatic heterocycles. The number of Topliss-reactive ketones (excluding diaryl/α,β-unsaturated/α-hetero) is 2. The number of H-pyrrole nitrogens is 1. The van der Waals surface area contributed by atoms with E-state index < -0.39 is 11.2 Å². The molecule has 0 aromatic carbocycles. The molecular formula is C78H112Cl4N22O17. The normalized spacial score (nSPS) is 10.7. The van der Waals surface area contributed by atoms with Crippen molar-refractivity contribution in [2.24, 2.45) is 62.3 Å². The number of aryl methyl sites for hydroxylation is 18. The molecule has 0 aliphatic rings. The number of rotatable bonds is 29. The fourth-order valence-electron chi connectivity index (χ4n) is 12.0. The first-order valence-electron chi connectivity index (χ1n) is 38.9. The topological polar surface area (TPSA) is 489 Å². The minimum Gasteiger partial charge on any atom is -0.397 e. The molecule has 43 heteroatoms. The van der Waals surface area contributed by atoms with Crippen LogP contribution in [-0.2, 0) is 118 Å². The summed E-state index contributed by atoms with van der Waals surface area (Å²) in [6.07, 6.45) is 21.4. The number of aliphatic hydroxyl groups excluding tert-OH is 1. The molecule has 0 saturated heterocycles. The lowest BCUT2D eigenvalue weighted by atomic mass is 10.1. The number of halogens is 4. The van der Waals surface area contributed by atoms with E-state index in [1.165, 1.54) is 45.2 Å². The van der Waals surface area contributed by atoms with Gasteiger partial charge in [-0.25, -0.2) is 45.0 Å². The zero-order valence-electron chi connectivity index (χ0n) is 71.2. The molecule has 0 radical (unpaired) electrons. The predicted octanol–water partition coefficient (Wildman–Crippen LogP) is 8.01. The van der Waals surface area contributed by atoms with Gasteiger partial charge in [-0.1, -0.05) is 25.8 Å². The van der Waals surface area contributed by atoms with Crippen molar-refractivity contribution >= 4 is 103 Å². The molecule has 0 atom stereocenters. The SMILES string of the molecule is CC(=O)CC(=O)CCCCCl.CCO.Cc1cc(CCCCCl)no1.Cc1cc(CCCCCl)on1.Cc1cc(CCCCn2c(=O)c3c(ncn3C)n(C)c2=O)no1.Cc1cc(CCCCn2c(=O)c3c(ncn3C)n(C)c2=O)no1.Cc1cc(CCCCn2c(=O)c3c(ncn3C)n(C)c2=O)on1.Cl.Cn1cnc2c1c(=O)[nH]c(=O)n2C.NO. The Bertz CT molecular complexity index is 5470. The van der Waals surface area contributed by atoms with Gasteiger partial charge < -0.3 is 51.2 Å². The molecule has 39 nitrogen and oxygen atoms in total. The largest absolute Gasteiger partial charge is 0.397 e. The number of aliphatic hydroxyl groups is 1. The van der Waals surface area contributed by atoms with Gasteiger partial charge in [0.25, 0.3) is 22.2 Å². The molecule has 13 aromatic heterocycles. The molecule has 0 unspecified atom stereocenters. The number of nitrogens with zero attached hydrogens (tertiary/aromatic N) is 20. The van der Waals surface area contributed by atoms with Gasteiger partial charge in [-0.15, -0.1) is 47.2 Å². The quantitative estimate of drug-likeness (QED) is 0.0149. The average molecular weight is 1770 g/mol. The Kier molecular flexibility index (Phi) is 44.2. The number of aromatic nitrogens is 21. The molecule has 121 heavy (non-hydrogen) atoms. The molecule has 0 spiro atoms. The van der Waals surface area contributed by atoms with Crippen LogP contribution in [0.3, 0.4) is 0 Å². The minimum absolute atomic E-state index is 0. The van der Waals surface area contributed by atoms with Crippen LogP contribution in [0.25, 0.3) is 44.7 Å². The van der Waals surface area contributed by atoms with Crippen LogP contribution in [0.15, 0.2) is 117 Å². The van der Waals surface area contributed by atoms with Crippen LogP contribution in [0, 0.1) is 34.6 Å². The van der Waals surface area contributed by atoms with Crippen molar-refractivity contribution in [2.75, 3.05) is 24.2 Å². The first-order valence-corrected chi connectivity index (χ1v) is 40.5. The van der Waals surface area contributed by atoms with Gasteiger partial charge in [-0.2, -0.15) is 0 Å². The number of unbranched alkanes of at least 4 members (excludes halogenated alkanes) is 6. The maximum absolute atomic E-state index is 12.5. The van der Waals surface area contributed by atoms with Gasteiger partial charge in [-0.05, 0) is 145 Å². The second-order valence-electron chi connectivity index (χ2n) is 28.0. The van der Waals surface area contributed by atoms with E-state index in [4.69, 9.17) is 67.7 Å². The molecule has 5 N–H and O–H groups in total. The van der Waals surface area contributed by atoms with E-state index in [9.17, 15) is 47.9 Å². The molecule has 13 heterocycles. The summed E-state index contributed by atoms with van der Waals surface area (Å²) in [6, 6.07) is 9.62. The van der Waals surface area contributed by atoms with Crippen molar-refractivity contribution < 1.29 is 42.5 Å². The van der Waals surface area contributed by atoms with E-state index in [0.717, 1.165) is 159 Å². The summed E-state index contributed by atoms with van der Waals surface area (Å²) in [7, 11) is 13.4. The molecule has 0 bridgehead atoms. The zero-order valence-corrected chi connectivity index (χ0v) is 74.2. The highest BCUT2D eigenvalue weighted by Gasteiger charge is 2.19. The Hall–Kier alpha value is -11.0. The van der Waals surface area contributed by atoms with E-state index in [-0.39, 0.29) is 70.7 Å². The number of ketones is 2. The number of carbonyl (C=O) groups excluding carboxylic acids is 2. The standard InChI is InChI=1S/3C15H19N5O3.2C8H12ClNO.C8H13ClO2.C7H8N4O2.C2H6O.ClH.H3NO/c2*1-10-8-11(17-23-10)6-4-5-7-20-14(21)12-13(16-9-18(12)2)19(3)15(20)22;1-10-8-11(23-17-10)6-4-5-7-20-14(21)12-13(16-9-18(12)2)19(3)15(20)22;1-7-6-8(10-11-7)4-2-3-5-9;1-7-6-8(11-10-7)4-2-3-5-9;1-7(10)6-8(11)4-2-3-5-9;1-10-3-8-5-4(10)6(12)9-7(13)11(5)2;1-2-3;;1-2/h3*8-9H,4-7H2,1-3H3;2*6H,2-5H2,1H3;2-6H2,1H3;3H,1-2H3,(H,9,12,13);3H,2H2,1H3;1H;2H,1H2. The fourth-order valence-corrected chi connectivity index (χ4v) is 12.6. The monoisotopic (exact) mass is 1770 g/mol. The number of carbonyl (C=O) groups is 2. The third-order valence-electron chi connectivity index (χ3n) is 18.1. The number of fused-ring (bicyclic) bond motifs is 4. The highest BCUT2D eigenvalue weighted by atomic mass is 35.5. The van der Waals surface area contributed by atoms with Gasteiger partial charge in [0.05, 0.1) is 60.2 Å². The van der Waals surface area contributed by atoms with Crippen molar-refractivity contribution in [1.82, 2.24) is 101 Å². The van der Waals surface area contributed by atoms with Crippen LogP contribution in [0.1, 0.15) is 161 Å². The zero-order chi connectivity index (χ0) is 88.9. The third-order valence-corrected chi connectivity index (χ3v) is 18.9. The van der Waals surface area contributed by atoms with Gasteiger partial charge in [0.2, 0.25) is 0 Å². The second-order valence-corrected chi connectivity index (χ2v) is 29.2. The first kappa shape index (κ1) is 102. The number of imidazole rings is 4. The summed E-state index contributed by atoms with van der Waals surface area (Å²) in [4.78, 5) is 137. The van der Waals surface area contributed by atoms with Gasteiger partial charge >= 0.3 is 22.8 Å². The van der Waals surface area contributed by atoms with E-state index in [1.807, 2.05) is 65.0 Å². The first-order chi connectivity index (χ1) is 57.3. The number of hydrogen-bond donors (Lipinski definition) is 4. The lowest BCUT2D eigenvalue weighted by Crippen LogP contribution is -2.39. The third kappa shape index (κ3) is 30.6. The molecule has 0 saturated carbocycles. The van der Waals surface area contributed by atoms with E-state index in [1.54, 1.807) is 101 Å². The Morgan fingerprint density at radius 2 is 0.719 bits per heavy atom. The summed E-state index contributed by atoms with van der Waals surface area (Å²) in [5.41, 5.74) is 5.27. The second kappa shape index (κ2) is 52.3. The van der Waals surface area contributed by atoms with Crippen molar-refractivity contribution in [2.45, 2.75) is 190 Å². The maximum Gasteiger partial charge on any atom is 0.332 e. The highest BCUT2D eigenvalue weighted by Crippen LogP contribution is 2.14. The Labute approximate surface area is 716 Å². The maximum atomic E-state index is 12.5. The number of alkyl halides is 3. The Morgan fingerprint density at radius 1 is 0.421 bits per heavy atom. The van der Waals surface area contributed by atoms with Gasteiger partial charge in [0, 0.05) is 150 Å². The van der Waals surface area contributed by atoms with E-state index in [2.05, 4.69) is 56.6 Å². The Balaban J connectivity index is 0.000000300. The molecular weight excluding hydrogens is 1660 g/mol. The van der Waals surface area contributed by atoms with Crippen LogP contribution in [0.2, 0.25) is 0 Å². The molecule has 0 aliphatic carbocycles. The molecule has 0 amide bonds. The van der Waals surface area contributed by atoms with Crippen molar-refractivity contribution in [1.29, 1.82) is 0 Å². The number of hydrogen-bond acceptors (Lipinski definition) is 27. The van der Waals surface area contributed by atoms with Gasteiger partial charge in [-0.3, -0.25) is 65.7 Å². The lowest BCUT2D eigenvalue weighted by Gasteiger charge is -2.08. The molecule has 13 rings (SSSR count). The predicted molar refractivity (Wildman–Crippen MR) is 460 cm³/mol. The van der Waals surface area contributed by atoms with Crippen molar-refractivity contribution in [3.63, 3.8) is 0 Å². The average Bonchev–Trinajstić information content (AvgIpc) is 1.65. The van der Waals surface area contributed by atoms with Gasteiger partial charge in [0.1, 0.15) is 40.4 Å². The highest BCUT2D eigenvalue weighted by molar-refractivity contribution is 6.18. The van der Waals surface area contributed by atoms with E-state index >= 15 is 0 Å². The number of nitrogens with two attached hydrogens (primary N) is 1. The molecule has 13 aromatic rings. The molecule has 664 valence electrons. The number of aromatic amines is 1. The molecule has 0 fully saturated rings. The van der Waals surface area contributed by atoms with Crippen LogP contribution >= 0.6 is 47.2 Å². The fraction of sp³-hybridized carbons (Fsp3) is 0.526. The van der Waals surface area contributed by atoms with Gasteiger partial charge in [0.15, 0.2) is 44.7 Å². The summed E-state index contributed by atoms with van der Waals surface area (Å²) < 4.78 is 41.0. The van der Waals surface area contributed by atoms with Crippen LogP contribution in [0.5, 0.6) is 0 Å². The summed E-state index contributed by atoms with van der Waals surface area (Å²) >= 11 is 16.5. The van der Waals surface area contributed by atoms with Crippen LogP contribution < -0.4 is 50.9 Å². The summed E-state index contributed by atoms with van der Waals surface area (Å²) in [5.74, 6) is 9.77.